The molecule has 32 heavy (non-hydrogen) atoms. The SMILES string of the molecule is Cc1ccc(Nc2ncc3cnn(CC4CCC(CC(N)=O)CC4)c3n2)cc1S(N)(=O)=O. The summed E-state index contributed by atoms with van der Waals surface area (Å²) >= 11 is 0. The molecule has 0 atom stereocenters. The van der Waals surface area contributed by atoms with Gasteiger partial charge in [0.2, 0.25) is 21.9 Å². The third-order valence-corrected chi connectivity index (χ3v) is 7.07. The number of aryl methyl sites for hydroxylation is 1. The summed E-state index contributed by atoms with van der Waals surface area (Å²) in [5.41, 5.74) is 7.13. The Kier molecular flexibility index (Phi) is 6.11. The molecule has 0 bridgehead atoms. The molecule has 1 aromatic carbocycles. The molecule has 4 rings (SSSR count). The normalized spacial score (nSPS) is 19.2. The molecule has 1 saturated carbocycles. The van der Waals surface area contributed by atoms with Crippen molar-refractivity contribution in [2.45, 2.75) is 50.5 Å². The number of carbonyl (C=O) groups is 1. The number of primary sulfonamides is 1. The van der Waals surface area contributed by atoms with Gasteiger partial charge in [-0.1, -0.05) is 6.07 Å². The molecule has 1 fully saturated rings. The number of anilines is 2. The zero-order valence-electron chi connectivity index (χ0n) is 17.9. The van der Waals surface area contributed by atoms with E-state index in [4.69, 9.17) is 10.9 Å². The van der Waals surface area contributed by atoms with E-state index < -0.39 is 10.0 Å². The Labute approximate surface area is 186 Å². The van der Waals surface area contributed by atoms with Gasteiger partial charge in [0.1, 0.15) is 0 Å². The van der Waals surface area contributed by atoms with Crippen LogP contribution < -0.4 is 16.2 Å². The first-order valence-electron chi connectivity index (χ1n) is 10.6. The fourth-order valence-corrected chi connectivity index (χ4v) is 5.13. The standard InChI is InChI=1S/C21H27N7O3S/c1-13-2-7-17(9-18(13)32(23,30)31)26-21-24-10-16-11-25-28(20(16)27-21)12-15-5-3-14(4-6-15)8-19(22)29/h2,7,9-11,14-15H,3-6,8,12H2,1H3,(H2,22,29)(H2,23,30,31)(H,24,26,27). The highest BCUT2D eigenvalue weighted by molar-refractivity contribution is 7.89. The van der Waals surface area contributed by atoms with Crippen LogP contribution >= 0.6 is 0 Å². The maximum absolute atomic E-state index is 11.8. The summed E-state index contributed by atoms with van der Waals surface area (Å²) in [6.45, 7) is 2.43. The van der Waals surface area contributed by atoms with Crippen LogP contribution in [0.2, 0.25) is 0 Å². The van der Waals surface area contributed by atoms with Gasteiger partial charge in [-0.15, -0.1) is 0 Å². The molecule has 5 N–H and O–H groups in total. The maximum Gasteiger partial charge on any atom is 0.238 e. The number of nitrogens with one attached hydrogen (secondary N) is 1. The number of rotatable bonds is 7. The Balaban J connectivity index is 1.50. The van der Waals surface area contributed by atoms with Crippen LogP contribution in [0.4, 0.5) is 11.6 Å². The molecule has 3 aromatic rings. The number of nitrogens with zero attached hydrogens (tertiary/aromatic N) is 4. The van der Waals surface area contributed by atoms with Crippen molar-refractivity contribution < 1.29 is 13.2 Å². The third-order valence-electron chi connectivity index (χ3n) is 6.01. The first-order valence-corrected chi connectivity index (χ1v) is 12.1. The van der Waals surface area contributed by atoms with Crippen LogP contribution in [0.25, 0.3) is 11.0 Å². The van der Waals surface area contributed by atoms with Gasteiger partial charge in [0, 0.05) is 24.8 Å². The van der Waals surface area contributed by atoms with Gasteiger partial charge in [-0.3, -0.25) is 4.79 Å². The average molecular weight is 458 g/mol. The summed E-state index contributed by atoms with van der Waals surface area (Å²) in [6, 6.07) is 4.90. The van der Waals surface area contributed by atoms with Crippen molar-refractivity contribution in [3.05, 3.63) is 36.2 Å². The first kappa shape index (κ1) is 22.2. The number of sulfonamides is 1. The minimum absolute atomic E-state index is 0.0561. The Morgan fingerprint density at radius 2 is 1.91 bits per heavy atom. The molecule has 0 radical (unpaired) electrons. The molecule has 10 nitrogen and oxygen atoms in total. The topological polar surface area (TPSA) is 159 Å². The average Bonchev–Trinajstić information content (AvgIpc) is 3.12. The van der Waals surface area contributed by atoms with Crippen molar-refractivity contribution in [1.82, 2.24) is 19.7 Å². The number of aromatic nitrogens is 4. The van der Waals surface area contributed by atoms with Gasteiger partial charge in [-0.05, 0) is 62.1 Å². The zero-order valence-corrected chi connectivity index (χ0v) is 18.7. The largest absolute Gasteiger partial charge is 0.370 e. The van der Waals surface area contributed by atoms with Crippen LogP contribution in [0, 0.1) is 18.8 Å². The number of benzene rings is 1. The zero-order chi connectivity index (χ0) is 22.9. The van der Waals surface area contributed by atoms with Gasteiger partial charge in [0.15, 0.2) is 5.65 Å². The Bertz CT molecular complexity index is 1250. The van der Waals surface area contributed by atoms with Gasteiger partial charge in [-0.2, -0.15) is 10.1 Å². The second-order valence-electron chi connectivity index (χ2n) is 8.51. The summed E-state index contributed by atoms with van der Waals surface area (Å²) in [4.78, 5) is 20.1. The Hall–Kier alpha value is -3.05. The quantitative estimate of drug-likeness (QED) is 0.490. The number of fused-ring (bicyclic) bond motifs is 1. The van der Waals surface area contributed by atoms with Crippen LogP contribution in [0.15, 0.2) is 35.5 Å². The van der Waals surface area contributed by atoms with Crippen molar-refractivity contribution >= 4 is 38.6 Å². The van der Waals surface area contributed by atoms with E-state index in [2.05, 4.69) is 20.4 Å². The van der Waals surface area contributed by atoms with E-state index in [1.54, 1.807) is 31.5 Å². The molecule has 0 unspecified atom stereocenters. The number of nitrogens with two attached hydrogens (primary N) is 2. The molecule has 1 aliphatic rings. The molecule has 2 aromatic heterocycles. The molecular formula is C21H27N7O3S. The van der Waals surface area contributed by atoms with Crippen LogP contribution in [0.1, 0.15) is 37.7 Å². The number of carbonyl (C=O) groups excluding carboxylic acids is 1. The third kappa shape index (κ3) is 5.05. The fraction of sp³-hybridized carbons (Fsp3) is 0.429. The number of hydrogen-bond acceptors (Lipinski definition) is 7. The minimum atomic E-state index is -3.83. The van der Waals surface area contributed by atoms with E-state index in [1.165, 1.54) is 6.07 Å². The second-order valence-corrected chi connectivity index (χ2v) is 10.0. The Morgan fingerprint density at radius 1 is 1.19 bits per heavy atom. The van der Waals surface area contributed by atoms with E-state index >= 15 is 0 Å². The number of primary amides is 1. The smallest absolute Gasteiger partial charge is 0.238 e. The van der Waals surface area contributed by atoms with Crippen molar-refractivity contribution in [2.24, 2.45) is 22.7 Å². The summed E-state index contributed by atoms with van der Waals surface area (Å²) in [7, 11) is -3.83. The molecule has 2 heterocycles. The highest BCUT2D eigenvalue weighted by Crippen LogP contribution is 2.32. The molecule has 1 aliphatic carbocycles. The molecular weight excluding hydrogens is 430 g/mol. The summed E-state index contributed by atoms with van der Waals surface area (Å²) in [5, 5.41) is 13.7. The van der Waals surface area contributed by atoms with Gasteiger partial charge < -0.3 is 11.1 Å². The number of amides is 1. The van der Waals surface area contributed by atoms with Crippen molar-refractivity contribution in [1.29, 1.82) is 0 Å². The van der Waals surface area contributed by atoms with Crippen molar-refractivity contribution in [3.63, 3.8) is 0 Å². The van der Waals surface area contributed by atoms with Gasteiger partial charge in [-0.25, -0.2) is 23.2 Å². The Morgan fingerprint density at radius 3 is 2.59 bits per heavy atom. The molecule has 11 heteroatoms. The maximum atomic E-state index is 11.8. The molecule has 170 valence electrons. The number of hydrogen-bond donors (Lipinski definition) is 3. The molecule has 0 saturated heterocycles. The minimum Gasteiger partial charge on any atom is -0.370 e. The fourth-order valence-electron chi connectivity index (χ4n) is 4.32. The van der Waals surface area contributed by atoms with Crippen LogP contribution in [0.3, 0.4) is 0 Å². The summed E-state index contributed by atoms with van der Waals surface area (Å²) in [6.07, 6.45) is 7.93. The van der Waals surface area contributed by atoms with Crippen molar-refractivity contribution in [2.75, 3.05) is 5.32 Å². The molecule has 1 amide bonds. The lowest BCUT2D eigenvalue weighted by atomic mass is 9.80. The van der Waals surface area contributed by atoms with E-state index in [9.17, 15) is 13.2 Å². The lowest BCUT2D eigenvalue weighted by molar-refractivity contribution is -0.119. The van der Waals surface area contributed by atoms with E-state index in [0.29, 0.717) is 41.1 Å². The first-order chi connectivity index (χ1) is 15.2. The summed E-state index contributed by atoms with van der Waals surface area (Å²) < 4.78 is 25.5. The second kappa shape index (κ2) is 8.83. The van der Waals surface area contributed by atoms with Gasteiger partial charge in [0.05, 0.1) is 16.5 Å². The van der Waals surface area contributed by atoms with Gasteiger partial charge >= 0.3 is 0 Å². The highest BCUT2D eigenvalue weighted by atomic mass is 32.2. The highest BCUT2D eigenvalue weighted by Gasteiger charge is 2.23. The van der Waals surface area contributed by atoms with Crippen molar-refractivity contribution in [3.8, 4) is 0 Å². The monoisotopic (exact) mass is 457 g/mol. The van der Waals surface area contributed by atoms with Crippen LogP contribution in [-0.4, -0.2) is 34.1 Å². The van der Waals surface area contributed by atoms with Gasteiger partial charge in [0.25, 0.3) is 0 Å². The van der Waals surface area contributed by atoms with E-state index in [-0.39, 0.29) is 10.8 Å². The van der Waals surface area contributed by atoms with Crippen LogP contribution in [-0.2, 0) is 21.4 Å². The van der Waals surface area contributed by atoms with E-state index in [1.807, 2.05) is 4.68 Å². The predicted molar refractivity (Wildman–Crippen MR) is 120 cm³/mol. The molecule has 0 spiro atoms. The predicted octanol–water partition coefficient (Wildman–Crippen LogP) is 2.21. The van der Waals surface area contributed by atoms with Crippen LogP contribution in [0.5, 0.6) is 0 Å². The lowest BCUT2D eigenvalue weighted by Gasteiger charge is -2.27. The van der Waals surface area contributed by atoms with E-state index in [0.717, 1.165) is 37.6 Å². The molecule has 0 aliphatic heterocycles. The lowest BCUT2D eigenvalue weighted by Crippen LogP contribution is -2.23. The summed E-state index contributed by atoms with van der Waals surface area (Å²) in [5.74, 6) is 0.956.